The van der Waals surface area contributed by atoms with Crippen molar-refractivity contribution in [2.24, 2.45) is 0 Å². The number of aromatic nitrogens is 2. The summed E-state index contributed by atoms with van der Waals surface area (Å²) >= 11 is 0. The second-order valence-electron chi connectivity index (χ2n) is 4.79. The van der Waals surface area contributed by atoms with E-state index in [4.69, 9.17) is 19.8 Å². The van der Waals surface area contributed by atoms with Crippen LogP contribution in [-0.4, -0.2) is 26.6 Å². The Morgan fingerprint density at radius 2 is 2.30 bits per heavy atom. The van der Waals surface area contributed by atoms with Crippen LogP contribution in [0.2, 0.25) is 0 Å². The van der Waals surface area contributed by atoms with Crippen LogP contribution >= 0.6 is 0 Å². The standard InChI is InChI=1S/C16H15N3O4/c1-4-22-15-12(8-11(9-17)16(20)21)19-7-5-6-13(14(19)18-15)23-10(2)3/h4-8,10H,1H2,2-3H3,(H,20,21)/b11-8+. The fourth-order valence-electron chi connectivity index (χ4n) is 1.96. The molecule has 7 nitrogen and oxygen atoms in total. The third kappa shape index (κ3) is 3.32. The Morgan fingerprint density at radius 1 is 1.57 bits per heavy atom. The zero-order valence-electron chi connectivity index (χ0n) is 12.7. The van der Waals surface area contributed by atoms with Gasteiger partial charge in [-0.25, -0.2) is 4.79 Å². The SMILES string of the molecule is C=COc1nc2c(OC(C)C)cccn2c1/C=C(\C#N)C(=O)O. The van der Waals surface area contributed by atoms with Crippen LogP contribution in [0.25, 0.3) is 11.7 Å². The fraction of sp³-hybridized carbons (Fsp3) is 0.188. The third-order valence-electron chi connectivity index (χ3n) is 2.81. The molecule has 0 fully saturated rings. The van der Waals surface area contributed by atoms with Gasteiger partial charge >= 0.3 is 5.97 Å². The number of hydrogen-bond acceptors (Lipinski definition) is 5. The van der Waals surface area contributed by atoms with Crippen molar-refractivity contribution in [2.75, 3.05) is 0 Å². The second-order valence-corrected chi connectivity index (χ2v) is 4.79. The van der Waals surface area contributed by atoms with E-state index in [1.165, 1.54) is 12.3 Å². The Balaban J connectivity index is 2.71. The van der Waals surface area contributed by atoms with E-state index >= 15 is 0 Å². The Labute approximate surface area is 132 Å². The molecule has 2 aromatic rings. The molecule has 0 amide bonds. The van der Waals surface area contributed by atoms with Crippen LogP contribution in [0.1, 0.15) is 19.5 Å². The van der Waals surface area contributed by atoms with Crippen molar-refractivity contribution in [1.82, 2.24) is 9.38 Å². The Hall–Kier alpha value is -3.27. The number of nitriles is 1. The van der Waals surface area contributed by atoms with Crippen molar-refractivity contribution in [2.45, 2.75) is 20.0 Å². The van der Waals surface area contributed by atoms with E-state index in [-0.39, 0.29) is 12.0 Å². The van der Waals surface area contributed by atoms with Gasteiger partial charge in [-0.15, -0.1) is 0 Å². The molecule has 0 bridgehead atoms. The number of pyridine rings is 1. The normalized spacial score (nSPS) is 11.3. The number of hydrogen-bond donors (Lipinski definition) is 1. The van der Waals surface area contributed by atoms with Crippen LogP contribution in [0.3, 0.4) is 0 Å². The average molecular weight is 313 g/mol. The number of aliphatic carboxylic acids is 1. The van der Waals surface area contributed by atoms with Gasteiger partial charge < -0.3 is 14.6 Å². The molecule has 0 aliphatic carbocycles. The smallest absolute Gasteiger partial charge is 0.346 e. The highest BCUT2D eigenvalue weighted by Crippen LogP contribution is 2.28. The Bertz CT molecular complexity index is 828. The summed E-state index contributed by atoms with van der Waals surface area (Å²) in [6, 6.07) is 5.10. The van der Waals surface area contributed by atoms with Crippen molar-refractivity contribution in [3.05, 3.63) is 42.4 Å². The van der Waals surface area contributed by atoms with E-state index < -0.39 is 11.5 Å². The zero-order valence-corrected chi connectivity index (χ0v) is 12.7. The first-order chi connectivity index (χ1) is 11.0. The molecule has 0 spiro atoms. The maximum atomic E-state index is 11.1. The van der Waals surface area contributed by atoms with Crippen molar-refractivity contribution in [3.8, 4) is 17.7 Å². The number of carboxylic acid groups (broad SMARTS) is 1. The van der Waals surface area contributed by atoms with Crippen LogP contribution in [0.15, 0.2) is 36.7 Å². The summed E-state index contributed by atoms with van der Waals surface area (Å²) in [5, 5.41) is 18.0. The maximum absolute atomic E-state index is 11.1. The van der Waals surface area contributed by atoms with Crippen LogP contribution in [0.4, 0.5) is 0 Å². The summed E-state index contributed by atoms with van der Waals surface area (Å²) in [6.45, 7) is 7.23. The molecule has 0 saturated carbocycles. The van der Waals surface area contributed by atoms with Crippen LogP contribution < -0.4 is 9.47 Å². The maximum Gasteiger partial charge on any atom is 0.346 e. The molecule has 2 aromatic heterocycles. The van der Waals surface area contributed by atoms with Crippen molar-refractivity contribution < 1.29 is 19.4 Å². The van der Waals surface area contributed by atoms with Crippen molar-refractivity contribution in [1.29, 1.82) is 5.26 Å². The summed E-state index contributed by atoms with van der Waals surface area (Å²) in [5.74, 6) is -0.680. The van der Waals surface area contributed by atoms with Gasteiger partial charge in [-0.05, 0) is 32.1 Å². The number of carbonyl (C=O) groups is 1. The summed E-state index contributed by atoms with van der Waals surface area (Å²) in [5.41, 5.74) is 0.330. The molecule has 2 heterocycles. The monoisotopic (exact) mass is 313 g/mol. The first kappa shape index (κ1) is 16.1. The molecule has 0 unspecified atom stereocenters. The van der Waals surface area contributed by atoms with E-state index in [0.29, 0.717) is 17.1 Å². The lowest BCUT2D eigenvalue weighted by Crippen LogP contribution is -2.06. The average Bonchev–Trinajstić information content (AvgIpc) is 2.83. The van der Waals surface area contributed by atoms with Gasteiger partial charge in [0.1, 0.15) is 17.3 Å². The molecule has 118 valence electrons. The minimum atomic E-state index is -1.33. The molecule has 2 rings (SSSR count). The lowest BCUT2D eigenvalue weighted by Gasteiger charge is -2.10. The molecular weight excluding hydrogens is 298 g/mol. The number of fused-ring (bicyclic) bond motifs is 1. The lowest BCUT2D eigenvalue weighted by molar-refractivity contribution is -0.132. The highest BCUT2D eigenvalue weighted by Gasteiger charge is 2.17. The van der Waals surface area contributed by atoms with Crippen molar-refractivity contribution in [3.63, 3.8) is 0 Å². The lowest BCUT2D eigenvalue weighted by atomic mass is 10.2. The summed E-state index contributed by atoms with van der Waals surface area (Å²) in [7, 11) is 0. The zero-order chi connectivity index (χ0) is 17.0. The first-order valence-electron chi connectivity index (χ1n) is 6.78. The predicted octanol–water partition coefficient (Wildman–Crippen LogP) is 2.64. The van der Waals surface area contributed by atoms with Gasteiger partial charge in [0.25, 0.3) is 0 Å². The molecule has 0 radical (unpaired) electrons. The van der Waals surface area contributed by atoms with E-state index in [1.54, 1.807) is 28.8 Å². The molecule has 0 aliphatic rings. The van der Waals surface area contributed by atoms with Crippen molar-refractivity contribution >= 4 is 17.7 Å². The molecule has 0 aliphatic heterocycles. The topological polar surface area (TPSA) is 96.9 Å². The molecule has 0 aromatic carbocycles. The second kappa shape index (κ2) is 6.66. The van der Waals surface area contributed by atoms with Gasteiger partial charge in [0.05, 0.1) is 12.4 Å². The number of rotatable bonds is 6. The molecule has 1 N–H and O–H groups in total. The quantitative estimate of drug-likeness (QED) is 0.500. The van der Waals surface area contributed by atoms with E-state index in [0.717, 1.165) is 0 Å². The van der Waals surface area contributed by atoms with E-state index in [1.807, 2.05) is 13.8 Å². The summed E-state index contributed by atoms with van der Waals surface area (Å²) in [4.78, 5) is 15.4. The summed E-state index contributed by atoms with van der Waals surface area (Å²) in [6.07, 6.45) is 3.98. The van der Waals surface area contributed by atoms with E-state index in [9.17, 15) is 4.79 Å². The number of nitrogens with zero attached hydrogens (tertiary/aromatic N) is 3. The molecular formula is C16H15N3O4. The van der Waals surface area contributed by atoms with Gasteiger partial charge in [0.2, 0.25) is 5.88 Å². The van der Waals surface area contributed by atoms with E-state index in [2.05, 4.69) is 11.6 Å². The number of ether oxygens (including phenoxy) is 2. The van der Waals surface area contributed by atoms with Crippen LogP contribution in [0, 0.1) is 11.3 Å². The fourth-order valence-corrected chi connectivity index (χ4v) is 1.96. The minimum absolute atomic E-state index is 0.0608. The predicted molar refractivity (Wildman–Crippen MR) is 83.0 cm³/mol. The van der Waals surface area contributed by atoms with Gasteiger partial charge in [0, 0.05) is 6.20 Å². The van der Waals surface area contributed by atoms with Crippen LogP contribution in [0.5, 0.6) is 11.6 Å². The Kier molecular flexibility index (Phi) is 4.66. The summed E-state index contributed by atoms with van der Waals surface area (Å²) < 4.78 is 12.5. The third-order valence-corrected chi connectivity index (χ3v) is 2.81. The number of carboxylic acids is 1. The largest absolute Gasteiger partial charge is 0.487 e. The van der Waals surface area contributed by atoms with Gasteiger partial charge in [-0.3, -0.25) is 4.40 Å². The van der Waals surface area contributed by atoms with Gasteiger partial charge in [-0.1, -0.05) is 6.58 Å². The Morgan fingerprint density at radius 3 is 2.87 bits per heavy atom. The minimum Gasteiger partial charge on any atom is -0.487 e. The van der Waals surface area contributed by atoms with Crippen LogP contribution in [-0.2, 0) is 4.79 Å². The molecule has 0 atom stereocenters. The molecule has 23 heavy (non-hydrogen) atoms. The highest BCUT2D eigenvalue weighted by atomic mass is 16.5. The molecule has 7 heteroatoms. The van der Waals surface area contributed by atoms with Gasteiger partial charge in [0.15, 0.2) is 11.4 Å². The van der Waals surface area contributed by atoms with Gasteiger partial charge in [-0.2, -0.15) is 10.2 Å². The first-order valence-corrected chi connectivity index (χ1v) is 6.78. The highest BCUT2D eigenvalue weighted by molar-refractivity contribution is 5.96. The molecule has 0 saturated heterocycles. The number of imidazole rings is 1.